The van der Waals surface area contributed by atoms with Crippen molar-refractivity contribution < 1.29 is 18.5 Å². The molecule has 0 aliphatic heterocycles. The number of benzene rings is 1. The van der Waals surface area contributed by atoms with E-state index in [4.69, 9.17) is 5.11 Å². The molecule has 2 unspecified atom stereocenters. The highest BCUT2D eigenvalue weighted by Crippen LogP contribution is 2.09. The number of amides is 1. The van der Waals surface area contributed by atoms with Gasteiger partial charge in [-0.05, 0) is 25.1 Å². The van der Waals surface area contributed by atoms with Crippen molar-refractivity contribution in [1.29, 1.82) is 0 Å². The number of carbonyl (C=O) groups is 1. The quantitative estimate of drug-likeness (QED) is 0.799. The number of carbonyl (C=O) groups excluding carboxylic acids is 1. The minimum atomic E-state index is -1.02. The second-order valence-corrected chi connectivity index (χ2v) is 6.29. The van der Waals surface area contributed by atoms with Gasteiger partial charge >= 0.3 is 0 Å². The van der Waals surface area contributed by atoms with Crippen molar-refractivity contribution >= 4 is 16.7 Å². The van der Waals surface area contributed by atoms with Crippen molar-refractivity contribution in [3.8, 4) is 11.8 Å². The topological polar surface area (TPSA) is 66.4 Å². The zero-order valence-corrected chi connectivity index (χ0v) is 12.8. The van der Waals surface area contributed by atoms with E-state index in [-0.39, 0.29) is 35.9 Å². The summed E-state index contributed by atoms with van der Waals surface area (Å²) in [7, 11) is -1.02. The molecule has 1 rings (SSSR count). The van der Waals surface area contributed by atoms with Crippen LogP contribution in [0.25, 0.3) is 0 Å². The van der Waals surface area contributed by atoms with Gasteiger partial charge in [-0.2, -0.15) is 0 Å². The third-order valence-corrected chi connectivity index (χ3v) is 4.11. The van der Waals surface area contributed by atoms with Crippen molar-refractivity contribution in [3.05, 3.63) is 35.1 Å². The normalized spacial score (nSPS) is 13.0. The summed E-state index contributed by atoms with van der Waals surface area (Å²) in [5.74, 6) is 4.21. The second kappa shape index (κ2) is 8.55. The van der Waals surface area contributed by atoms with Crippen molar-refractivity contribution in [2.45, 2.75) is 18.6 Å². The highest BCUT2D eigenvalue weighted by atomic mass is 32.2. The molecular weight excluding hydrogens is 293 g/mol. The lowest BCUT2D eigenvalue weighted by Crippen LogP contribution is -2.32. The molecule has 0 aliphatic carbocycles. The molecule has 0 saturated carbocycles. The molecule has 2 atom stereocenters. The molecule has 0 fully saturated rings. The van der Waals surface area contributed by atoms with Gasteiger partial charge in [0.25, 0.3) is 5.91 Å². The van der Waals surface area contributed by atoms with E-state index in [9.17, 15) is 13.4 Å². The lowest BCUT2D eigenvalue weighted by molar-refractivity contribution is 0.0953. The molecule has 1 aromatic carbocycles. The maximum atomic E-state index is 13.8. The van der Waals surface area contributed by atoms with Crippen LogP contribution < -0.4 is 5.32 Å². The zero-order chi connectivity index (χ0) is 15.8. The van der Waals surface area contributed by atoms with Gasteiger partial charge in [0, 0.05) is 40.8 Å². The van der Waals surface area contributed by atoms with Gasteiger partial charge in [-0.3, -0.25) is 9.00 Å². The lowest BCUT2D eigenvalue weighted by atomic mass is 10.1. The first-order valence-electron chi connectivity index (χ1n) is 6.45. The lowest BCUT2D eigenvalue weighted by Gasteiger charge is -2.10. The number of nitrogens with one attached hydrogen (secondary N) is 1. The Bertz CT molecular complexity index is 592. The number of hydrogen-bond donors (Lipinski definition) is 2. The average molecular weight is 311 g/mol. The molecule has 0 saturated heterocycles. The first-order chi connectivity index (χ1) is 9.95. The zero-order valence-electron chi connectivity index (χ0n) is 12.0. The van der Waals surface area contributed by atoms with Gasteiger partial charge in [0.15, 0.2) is 0 Å². The Morgan fingerprint density at radius 3 is 2.81 bits per heavy atom. The molecule has 1 aromatic rings. The molecular formula is C15H18FNO3S. The van der Waals surface area contributed by atoms with Crippen LogP contribution in [-0.4, -0.2) is 39.9 Å². The fraction of sp³-hybridized carbons (Fsp3) is 0.400. The Labute approximate surface area is 126 Å². The molecule has 0 bridgehead atoms. The van der Waals surface area contributed by atoms with Gasteiger partial charge in [-0.1, -0.05) is 11.8 Å². The van der Waals surface area contributed by atoms with Gasteiger partial charge in [0.1, 0.15) is 5.82 Å². The van der Waals surface area contributed by atoms with E-state index in [1.807, 2.05) is 0 Å². The van der Waals surface area contributed by atoms with Crippen LogP contribution in [0, 0.1) is 17.7 Å². The fourth-order valence-corrected chi connectivity index (χ4v) is 1.75. The van der Waals surface area contributed by atoms with Crippen LogP contribution in [-0.2, 0) is 10.8 Å². The van der Waals surface area contributed by atoms with Gasteiger partial charge in [0.2, 0.25) is 0 Å². The predicted octanol–water partition coefficient (Wildman–Crippen LogP) is 1.06. The minimum absolute atomic E-state index is 0.0773. The van der Waals surface area contributed by atoms with Crippen molar-refractivity contribution in [1.82, 2.24) is 5.32 Å². The van der Waals surface area contributed by atoms with Gasteiger partial charge in [0.05, 0.1) is 12.2 Å². The molecule has 4 nitrogen and oxygen atoms in total. The highest BCUT2D eigenvalue weighted by molar-refractivity contribution is 7.84. The Hall–Kier alpha value is -1.71. The summed E-state index contributed by atoms with van der Waals surface area (Å²) in [4.78, 5) is 11.8. The summed E-state index contributed by atoms with van der Waals surface area (Å²) < 4.78 is 25.0. The Balaban J connectivity index is 2.73. The predicted molar refractivity (Wildman–Crippen MR) is 80.8 cm³/mol. The van der Waals surface area contributed by atoms with Crippen LogP contribution in [0.15, 0.2) is 18.2 Å². The average Bonchev–Trinajstić information content (AvgIpc) is 2.46. The molecule has 21 heavy (non-hydrogen) atoms. The third-order valence-electron chi connectivity index (χ3n) is 2.81. The molecule has 6 heteroatoms. The van der Waals surface area contributed by atoms with Crippen LogP contribution in [0.5, 0.6) is 0 Å². The molecule has 0 aromatic heterocycles. The molecule has 0 spiro atoms. The number of halogens is 1. The molecule has 0 radical (unpaired) electrons. The van der Waals surface area contributed by atoms with E-state index in [1.54, 1.807) is 13.2 Å². The van der Waals surface area contributed by atoms with E-state index in [0.29, 0.717) is 0 Å². The summed E-state index contributed by atoms with van der Waals surface area (Å²) in [5, 5.41) is 11.0. The summed E-state index contributed by atoms with van der Waals surface area (Å²) >= 11 is 0. The summed E-state index contributed by atoms with van der Waals surface area (Å²) in [6.07, 6.45) is 1.84. The summed E-state index contributed by atoms with van der Waals surface area (Å²) in [6.45, 7) is 1.95. The highest BCUT2D eigenvalue weighted by Gasteiger charge is 2.11. The number of aliphatic hydroxyl groups excluding tert-OH is 1. The number of rotatable bonds is 5. The molecule has 1 amide bonds. The maximum Gasteiger partial charge on any atom is 0.251 e. The monoisotopic (exact) mass is 311 g/mol. The Morgan fingerprint density at radius 2 is 2.24 bits per heavy atom. The van der Waals surface area contributed by atoms with Crippen LogP contribution in [0.2, 0.25) is 0 Å². The smallest absolute Gasteiger partial charge is 0.251 e. The van der Waals surface area contributed by atoms with Crippen LogP contribution in [0.3, 0.4) is 0 Å². The summed E-state index contributed by atoms with van der Waals surface area (Å²) in [6, 6.07) is 4.02. The van der Waals surface area contributed by atoms with E-state index < -0.39 is 22.5 Å². The van der Waals surface area contributed by atoms with E-state index in [0.717, 1.165) is 6.07 Å². The van der Waals surface area contributed by atoms with Crippen LogP contribution in [0.4, 0.5) is 4.39 Å². The Kier molecular flexibility index (Phi) is 7.06. The number of hydrogen-bond acceptors (Lipinski definition) is 3. The van der Waals surface area contributed by atoms with Crippen LogP contribution in [0.1, 0.15) is 29.3 Å². The van der Waals surface area contributed by atoms with Crippen LogP contribution >= 0.6 is 0 Å². The largest absolute Gasteiger partial charge is 0.395 e. The van der Waals surface area contributed by atoms with Gasteiger partial charge < -0.3 is 10.4 Å². The molecule has 0 aliphatic rings. The molecule has 0 heterocycles. The molecule has 114 valence electrons. The standard InChI is InChI=1S/C15H18FNO3S/c1-11(21(2)20)10-17-15(19)13-7-6-12(14(16)9-13)5-3-4-8-18/h6-7,9,11,18H,4,8,10H2,1-2H3,(H,17,19). The maximum absolute atomic E-state index is 13.8. The van der Waals surface area contributed by atoms with E-state index in [2.05, 4.69) is 17.2 Å². The SMILES string of the molecule is CC(CNC(=O)c1ccc(C#CCCO)c(F)c1)S(C)=O. The van der Waals surface area contributed by atoms with Crippen molar-refractivity contribution in [2.24, 2.45) is 0 Å². The first-order valence-corrected chi connectivity index (χ1v) is 8.07. The van der Waals surface area contributed by atoms with E-state index >= 15 is 0 Å². The Morgan fingerprint density at radius 1 is 1.52 bits per heavy atom. The first kappa shape index (κ1) is 17.3. The van der Waals surface area contributed by atoms with Gasteiger partial charge in [-0.15, -0.1) is 0 Å². The van der Waals surface area contributed by atoms with Crippen molar-refractivity contribution in [2.75, 3.05) is 19.4 Å². The van der Waals surface area contributed by atoms with Crippen molar-refractivity contribution in [3.63, 3.8) is 0 Å². The molecule has 2 N–H and O–H groups in total. The van der Waals surface area contributed by atoms with E-state index in [1.165, 1.54) is 12.1 Å². The summed E-state index contributed by atoms with van der Waals surface area (Å²) in [5.41, 5.74) is 0.373. The minimum Gasteiger partial charge on any atom is -0.395 e. The number of aliphatic hydroxyl groups is 1. The second-order valence-electron chi connectivity index (χ2n) is 4.49. The van der Waals surface area contributed by atoms with Gasteiger partial charge in [-0.25, -0.2) is 4.39 Å². The fourth-order valence-electron chi connectivity index (χ4n) is 1.43. The third kappa shape index (κ3) is 5.66.